The molecule has 6 nitrogen and oxygen atoms in total. The van der Waals surface area contributed by atoms with E-state index in [0.717, 1.165) is 31.4 Å². The molecule has 3 rings (SSSR count). The second-order valence-corrected chi connectivity index (χ2v) is 7.46. The minimum absolute atomic E-state index is 0. The molecule has 0 aromatic heterocycles. The van der Waals surface area contributed by atoms with Gasteiger partial charge in [-0.1, -0.05) is 6.07 Å². The van der Waals surface area contributed by atoms with Crippen molar-refractivity contribution >= 4 is 29.9 Å². The zero-order valence-electron chi connectivity index (χ0n) is 16.3. The van der Waals surface area contributed by atoms with Crippen molar-refractivity contribution in [3.63, 3.8) is 0 Å². The fourth-order valence-corrected chi connectivity index (χ4v) is 4.03. The molecule has 7 heteroatoms. The molecule has 2 fully saturated rings. The van der Waals surface area contributed by atoms with Crippen LogP contribution in [0.3, 0.4) is 0 Å². The number of rotatable bonds is 4. The zero-order valence-corrected chi connectivity index (χ0v) is 17.1. The Hall–Kier alpha value is -1.79. The number of likely N-dealkylation sites (tertiary alicyclic amines) is 1. The van der Waals surface area contributed by atoms with E-state index in [1.807, 2.05) is 25.1 Å². The van der Waals surface area contributed by atoms with E-state index in [9.17, 15) is 9.59 Å². The number of piperidine rings is 1. The average molecular weight is 396 g/mol. The number of benzene rings is 1. The molecular formula is C20H30ClN3O3. The van der Waals surface area contributed by atoms with Crippen molar-refractivity contribution in [1.29, 1.82) is 0 Å². The van der Waals surface area contributed by atoms with Gasteiger partial charge in [-0.15, -0.1) is 12.4 Å². The molecule has 1 aromatic carbocycles. The molecular weight excluding hydrogens is 366 g/mol. The van der Waals surface area contributed by atoms with Crippen LogP contribution in [0.2, 0.25) is 0 Å². The lowest BCUT2D eigenvalue weighted by atomic mass is 9.91. The summed E-state index contributed by atoms with van der Waals surface area (Å²) in [6, 6.07) is 5.64. The Balaban J connectivity index is 0.00000261. The van der Waals surface area contributed by atoms with E-state index in [4.69, 9.17) is 4.74 Å². The highest BCUT2D eigenvalue weighted by molar-refractivity contribution is 5.98. The molecule has 0 radical (unpaired) electrons. The largest absolute Gasteiger partial charge is 0.495 e. The van der Waals surface area contributed by atoms with Crippen molar-refractivity contribution in [3.05, 3.63) is 23.8 Å². The summed E-state index contributed by atoms with van der Waals surface area (Å²) in [6.07, 6.45) is 3.27. The fourth-order valence-electron chi connectivity index (χ4n) is 4.03. The fraction of sp³-hybridized carbons (Fsp3) is 0.600. The smallest absolute Gasteiger partial charge is 0.247 e. The number of carbonyl (C=O) groups excluding carboxylic acids is 2. The van der Waals surface area contributed by atoms with Gasteiger partial charge in [-0.05, 0) is 63.8 Å². The summed E-state index contributed by atoms with van der Waals surface area (Å²) in [6.45, 7) is 5.61. The first kappa shape index (κ1) is 21.5. The summed E-state index contributed by atoms with van der Waals surface area (Å²) in [7, 11) is 1.59. The van der Waals surface area contributed by atoms with Gasteiger partial charge in [0.25, 0.3) is 0 Å². The Morgan fingerprint density at radius 2 is 2.07 bits per heavy atom. The predicted molar refractivity (Wildman–Crippen MR) is 109 cm³/mol. The number of methoxy groups -OCH3 is 1. The lowest BCUT2D eigenvalue weighted by Crippen LogP contribution is -2.48. The van der Waals surface area contributed by atoms with Crippen LogP contribution in [0.5, 0.6) is 5.75 Å². The van der Waals surface area contributed by atoms with Gasteiger partial charge in [0.15, 0.2) is 0 Å². The zero-order chi connectivity index (χ0) is 18.7. The lowest BCUT2D eigenvalue weighted by Gasteiger charge is -2.32. The quantitative estimate of drug-likeness (QED) is 0.822. The molecule has 1 aromatic rings. The number of anilines is 1. The first-order valence-electron chi connectivity index (χ1n) is 9.49. The summed E-state index contributed by atoms with van der Waals surface area (Å²) >= 11 is 0. The highest BCUT2D eigenvalue weighted by atomic mass is 35.5. The Morgan fingerprint density at radius 3 is 2.78 bits per heavy atom. The van der Waals surface area contributed by atoms with Crippen LogP contribution in [-0.2, 0) is 9.59 Å². The van der Waals surface area contributed by atoms with Crippen molar-refractivity contribution in [3.8, 4) is 5.75 Å². The predicted octanol–water partition coefficient (Wildman–Crippen LogP) is 2.74. The van der Waals surface area contributed by atoms with Crippen LogP contribution in [-0.4, -0.2) is 49.0 Å². The third-order valence-electron chi connectivity index (χ3n) is 5.42. The van der Waals surface area contributed by atoms with Crippen LogP contribution in [0, 0.1) is 12.8 Å². The van der Waals surface area contributed by atoms with E-state index >= 15 is 0 Å². The molecule has 2 amide bonds. The number of halogens is 1. The Labute approximate surface area is 167 Å². The summed E-state index contributed by atoms with van der Waals surface area (Å²) < 4.78 is 5.34. The summed E-state index contributed by atoms with van der Waals surface area (Å²) in [5.41, 5.74) is 1.71. The molecule has 0 aliphatic carbocycles. The first-order chi connectivity index (χ1) is 12.5. The highest BCUT2D eigenvalue weighted by Gasteiger charge is 2.38. The molecule has 2 saturated heterocycles. The Kier molecular flexibility index (Phi) is 7.50. The third-order valence-corrected chi connectivity index (χ3v) is 5.42. The number of amides is 2. The molecule has 3 atom stereocenters. The van der Waals surface area contributed by atoms with Crippen LogP contribution in [0.15, 0.2) is 18.2 Å². The minimum atomic E-state index is -0.391. The summed E-state index contributed by atoms with van der Waals surface area (Å²) in [5, 5.41) is 6.35. The third kappa shape index (κ3) is 4.93. The minimum Gasteiger partial charge on any atom is -0.495 e. The summed E-state index contributed by atoms with van der Waals surface area (Å²) in [4.78, 5) is 27.7. The molecule has 2 aliphatic rings. The van der Waals surface area contributed by atoms with E-state index in [1.54, 1.807) is 12.0 Å². The highest BCUT2D eigenvalue weighted by Crippen LogP contribution is 2.29. The SMILES string of the molecule is COc1ccc(C)cc1NC(=O)C1CCCN1C(=O)[C@H]1CCN[C@@H](C)C1.Cl. The van der Waals surface area contributed by atoms with Gasteiger partial charge in [0.1, 0.15) is 11.8 Å². The van der Waals surface area contributed by atoms with Gasteiger partial charge < -0.3 is 20.3 Å². The first-order valence-corrected chi connectivity index (χ1v) is 9.49. The number of aryl methyl sites for hydroxylation is 1. The van der Waals surface area contributed by atoms with Crippen LogP contribution in [0.4, 0.5) is 5.69 Å². The lowest BCUT2D eigenvalue weighted by molar-refractivity contribution is -0.141. The monoisotopic (exact) mass is 395 g/mol. The molecule has 0 saturated carbocycles. The van der Waals surface area contributed by atoms with E-state index in [2.05, 4.69) is 17.6 Å². The van der Waals surface area contributed by atoms with Crippen LogP contribution >= 0.6 is 12.4 Å². The van der Waals surface area contributed by atoms with Crippen LogP contribution < -0.4 is 15.4 Å². The Morgan fingerprint density at radius 1 is 1.30 bits per heavy atom. The molecule has 2 aliphatic heterocycles. The van der Waals surface area contributed by atoms with E-state index in [0.29, 0.717) is 30.4 Å². The van der Waals surface area contributed by atoms with Crippen molar-refractivity contribution in [1.82, 2.24) is 10.2 Å². The maximum Gasteiger partial charge on any atom is 0.247 e. The van der Waals surface area contributed by atoms with Gasteiger partial charge in [0, 0.05) is 18.5 Å². The number of carbonyl (C=O) groups is 2. The molecule has 1 unspecified atom stereocenters. The van der Waals surface area contributed by atoms with Crippen LogP contribution in [0.1, 0.15) is 38.2 Å². The number of hydrogen-bond donors (Lipinski definition) is 2. The standard InChI is InChI=1S/C20H29N3O3.ClH/c1-13-6-7-18(26-3)16(11-13)22-19(24)17-5-4-10-23(17)20(25)15-8-9-21-14(2)12-15;/h6-7,11,14-15,17,21H,4-5,8-10,12H2,1-3H3,(H,22,24);1H/t14-,15-,17?;/m0./s1. The van der Waals surface area contributed by atoms with Gasteiger partial charge in [0.05, 0.1) is 12.8 Å². The van der Waals surface area contributed by atoms with Crippen molar-refractivity contribution in [2.45, 2.75) is 51.6 Å². The second-order valence-electron chi connectivity index (χ2n) is 7.46. The van der Waals surface area contributed by atoms with Gasteiger partial charge in [-0.25, -0.2) is 0 Å². The number of nitrogens with zero attached hydrogens (tertiary/aromatic N) is 1. The number of ether oxygens (including phenoxy) is 1. The normalized spacial score (nSPS) is 24.9. The summed E-state index contributed by atoms with van der Waals surface area (Å²) in [5.74, 6) is 0.661. The van der Waals surface area contributed by atoms with E-state index < -0.39 is 6.04 Å². The van der Waals surface area contributed by atoms with Gasteiger partial charge in [0.2, 0.25) is 11.8 Å². The van der Waals surface area contributed by atoms with E-state index in [-0.39, 0.29) is 30.1 Å². The van der Waals surface area contributed by atoms with Crippen molar-refractivity contribution in [2.24, 2.45) is 5.92 Å². The molecule has 2 heterocycles. The molecule has 2 N–H and O–H groups in total. The molecule has 27 heavy (non-hydrogen) atoms. The van der Waals surface area contributed by atoms with Gasteiger partial charge >= 0.3 is 0 Å². The maximum absolute atomic E-state index is 13.0. The van der Waals surface area contributed by atoms with Crippen molar-refractivity contribution < 1.29 is 14.3 Å². The van der Waals surface area contributed by atoms with E-state index in [1.165, 1.54) is 0 Å². The Bertz CT molecular complexity index is 682. The van der Waals surface area contributed by atoms with Gasteiger partial charge in [-0.2, -0.15) is 0 Å². The van der Waals surface area contributed by atoms with Gasteiger partial charge in [-0.3, -0.25) is 9.59 Å². The van der Waals surface area contributed by atoms with Crippen LogP contribution in [0.25, 0.3) is 0 Å². The molecule has 0 spiro atoms. The van der Waals surface area contributed by atoms with Crippen molar-refractivity contribution in [2.75, 3.05) is 25.5 Å². The maximum atomic E-state index is 13.0. The average Bonchev–Trinajstić information content (AvgIpc) is 3.11. The number of hydrogen-bond acceptors (Lipinski definition) is 4. The topological polar surface area (TPSA) is 70.7 Å². The number of nitrogens with one attached hydrogen (secondary N) is 2. The second kappa shape index (κ2) is 9.42. The molecule has 150 valence electrons. The molecule has 0 bridgehead atoms.